The van der Waals surface area contributed by atoms with Gasteiger partial charge in [0.1, 0.15) is 5.75 Å². The van der Waals surface area contributed by atoms with Crippen molar-refractivity contribution in [2.75, 3.05) is 12.8 Å². The molecule has 5 aromatic rings. The summed E-state index contributed by atoms with van der Waals surface area (Å²) in [5, 5.41) is 2.71. The number of fused-ring (bicyclic) bond motifs is 2. The molecule has 0 saturated heterocycles. The van der Waals surface area contributed by atoms with Crippen molar-refractivity contribution in [3.63, 3.8) is 0 Å². The molecule has 3 aromatic carbocycles. The van der Waals surface area contributed by atoms with Crippen molar-refractivity contribution in [1.29, 1.82) is 0 Å². The molecule has 2 aromatic heterocycles. The maximum absolute atomic E-state index is 13.8. The van der Waals surface area contributed by atoms with E-state index in [-0.39, 0.29) is 4.90 Å². The molecular weight excluding hydrogens is 430 g/mol. The van der Waals surface area contributed by atoms with Crippen LogP contribution in [-0.4, -0.2) is 24.5 Å². The van der Waals surface area contributed by atoms with Gasteiger partial charge < -0.3 is 10.5 Å². The highest BCUT2D eigenvalue weighted by Crippen LogP contribution is 2.38. The summed E-state index contributed by atoms with van der Waals surface area (Å²) in [4.78, 5) is 5.62. The Morgan fingerprint density at radius 3 is 2.55 bits per heavy atom. The van der Waals surface area contributed by atoms with E-state index in [0.717, 1.165) is 15.6 Å². The number of aryl methyl sites for hydroxylation is 1. The number of nitrogens with zero attached hydrogens (tertiary/aromatic N) is 2. The van der Waals surface area contributed by atoms with E-state index in [1.54, 1.807) is 37.6 Å². The fourth-order valence-corrected chi connectivity index (χ4v) is 6.18. The average Bonchev–Trinajstić information content (AvgIpc) is 3.32. The Kier molecular flexibility index (Phi) is 4.49. The first-order valence-electron chi connectivity index (χ1n) is 9.56. The van der Waals surface area contributed by atoms with Crippen LogP contribution < -0.4 is 10.5 Å². The van der Waals surface area contributed by atoms with Crippen LogP contribution in [0.1, 0.15) is 4.88 Å². The fourth-order valence-electron chi connectivity index (χ4n) is 3.89. The summed E-state index contributed by atoms with van der Waals surface area (Å²) in [7, 11) is -2.30. The molecule has 0 aliphatic heterocycles. The second-order valence-electron chi connectivity index (χ2n) is 7.16. The molecule has 0 aliphatic rings. The van der Waals surface area contributed by atoms with Crippen molar-refractivity contribution >= 4 is 48.2 Å². The summed E-state index contributed by atoms with van der Waals surface area (Å²) in [6, 6.07) is 18.1. The number of rotatable bonds is 4. The van der Waals surface area contributed by atoms with Gasteiger partial charge in [-0.3, -0.25) is 0 Å². The number of thiazole rings is 1. The summed E-state index contributed by atoms with van der Waals surface area (Å²) in [5.41, 5.74) is 7.84. The van der Waals surface area contributed by atoms with Gasteiger partial charge in [-0.15, -0.1) is 11.3 Å². The number of methoxy groups -OCH3 is 1. The molecular formula is C23H19N3O3S2. The van der Waals surface area contributed by atoms with Crippen LogP contribution in [-0.2, 0) is 10.0 Å². The Hall–Kier alpha value is -3.36. The summed E-state index contributed by atoms with van der Waals surface area (Å²) < 4.78 is 34.4. The standard InChI is InChI=1S/C23H19N3O3S2/c1-14-22(25-23(24)30-14)19-13-26(20-11-10-16(29-2)12-18(19)20)31(27,28)21-9-5-7-15-6-3-4-8-17(15)21/h3-13H,1-2H3,(H2,24,25). The van der Waals surface area contributed by atoms with Gasteiger partial charge in [0.15, 0.2) is 5.13 Å². The summed E-state index contributed by atoms with van der Waals surface area (Å²) in [6.45, 7) is 1.92. The topological polar surface area (TPSA) is 87.2 Å². The van der Waals surface area contributed by atoms with Gasteiger partial charge in [0.05, 0.1) is 23.2 Å². The van der Waals surface area contributed by atoms with E-state index in [1.165, 1.54) is 15.3 Å². The van der Waals surface area contributed by atoms with E-state index < -0.39 is 10.0 Å². The molecule has 0 saturated carbocycles. The Morgan fingerprint density at radius 1 is 1.03 bits per heavy atom. The lowest BCUT2D eigenvalue weighted by Gasteiger charge is -2.10. The highest BCUT2D eigenvalue weighted by Gasteiger charge is 2.25. The molecule has 156 valence electrons. The number of nitrogens with two attached hydrogens (primary N) is 1. The molecule has 0 unspecified atom stereocenters. The van der Waals surface area contributed by atoms with Gasteiger partial charge in [0.2, 0.25) is 0 Å². The van der Waals surface area contributed by atoms with E-state index in [0.29, 0.717) is 33.0 Å². The molecule has 5 rings (SSSR count). The van der Waals surface area contributed by atoms with Crippen molar-refractivity contribution in [1.82, 2.24) is 8.96 Å². The zero-order chi connectivity index (χ0) is 21.8. The smallest absolute Gasteiger partial charge is 0.268 e. The Balaban J connectivity index is 1.84. The Bertz CT molecular complexity index is 1560. The number of aromatic nitrogens is 2. The van der Waals surface area contributed by atoms with Crippen LogP contribution in [0.25, 0.3) is 32.9 Å². The Labute approximate surface area is 183 Å². The van der Waals surface area contributed by atoms with Crippen molar-refractivity contribution in [2.24, 2.45) is 0 Å². The first-order valence-corrected chi connectivity index (χ1v) is 11.8. The van der Waals surface area contributed by atoms with Gasteiger partial charge in [0.25, 0.3) is 10.0 Å². The monoisotopic (exact) mass is 449 g/mol. The van der Waals surface area contributed by atoms with E-state index in [2.05, 4.69) is 4.98 Å². The second-order valence-corrected chi connectivity index (χ2v) is 10.2. The van der Waals surface area contributed by atoms with Gasteiger partial charge in [0, 0.05) is 27.4 Å². The zero-order valence-electron chi connectivity index (χ0n) is 16.9. The quantitative estimate of drug-likeness (QED) is 0.415. The molecule has 0 atom stereocenters. The Morgan fingerprint density at radius 2 is 1.81 bits per heavy atom. The van der Waals surface area contributed by atoms with Crippen LogP contribution in [0.4, 0.5) is 5.13 Å². The van der Waals surface area contributed by atoms with Crippen LogP contribution in [0.5, 0.6) is 5.75 Å². The molecule has 0 aliphatic carbocycles. The molecule has 2 N–H and O–H groups in total. The second kappa shape index (κ2) is 7.11. The van der Waals surface area contributed by atoms with Gasteiger partial charge in [-0.25, -0.2) is 17.4 Å². The van der Waals surface area contributed by atoms with Gasteiger partial charge in [-0.05, 0) is 36.6 Å². The molecule has 0 fully saturated rings. The maximum Gasteiger partial charge on any atom is 0.268 e. The largest absolute Gasteiger partial charge is 0.497 e. The zero-order valence-corrected chi connectivity index (χ0v) is 18.5. The number of hydrogen-bond acceptors (Lipinski definition) is 6. The van der Waals surface area contributed by atoms with E-state index in [4.69, 9.17) is 10.5 Å². The molecule has 0 amide bonds. The predicted molar refractivity (Wildman–Crippen MR) is 125 cm³/mol. The predicted octanol–water partition coefficient (Wildman–Crippen LogP) is 5.05. The lowest BCUT2D eigenvalue weighted by molar-refractivity contribution is 0.415. The number of benzene rings is 3. The summed E-state index contributed by atoms with van der Waals surface area (Å²) >= 11 is 1.37. The maximum atomic E-state index is 13.8. The molecule has 8 heteroatoms. The molecule has 0 bridgehead atoms. The van der Waals surface area contributed by atoms with Gasteiger partial charge in [-0.2, -0.15) is 0 Å². The minimum atomic E-state index is -3.88. The number of hydrogen-bond donors (Lipinski definition) is 1. The van der Waals surface area contributed by atoms with Crippen LogP contribution in [0.15, 0.2) is 71.8 Å². The SMILES string of the molecule is COc1ccc2c(c1)c(-c1nc(N)sc1C)cn2S(=O)(=O)c1cccc2ccccc12. The molecule has 2 heterocycles. The molecule has 31 heavy (non-hydrogen) atoms. The van der Waals surface area contributed by atoms with Crippen molar-refractivity contribution < 1.29 is 13.2 Å². The third-order valence-corrected chi connectivity index (χ3v) is 7.86. The van der Waals surface area contributed by atoms with E-state index >= 15 is 0 Å². The molecule has 0 radical (unpaired) electrons. The van der Waals surface area contributed by atoms with E-state index in [9.17, 15) is 8.42 Å². The first-order chi connectivity index (χ1) is 14.9. The van der Waals surface area contributed by atoms with E-state index in [1.807, 2.05) is 43.3 Å². The number of anilines is 1. The van der Waals surface area contributed by atoms with Gasteiger partial charge >= 0.3 is 0 Å². The van der Waals surface area contributed by atoms with Gasteiger partial charge in [-0.1, -0.05) is 36.4 Å². The highest BCUT2D eigenvalue weighted by molar-refractivity contribution is 7.90. The van der Waals surface area contributed by atoms with Crippen molar-refractivity contribution in [3.05, 3.63) is 71.7 Å². The van der Waals surface area contributed by atoms with Crippen LogP contribution in [0.3, 0.4) is 0 Å². The minimum Gasteiger partial charge on any atom is -0.497 e. The molecule has 0 spiro atoms. The average molecular weight is 450 g/mol. The third-order valence-electron chi connectivity index (χ3n) is 5.33. The highest BCUT2D eigenvalue weighted by atomic mass is 32.2. The minimum absolute atomic E-state index is 0.249. The number of nitrogen functional groups attached to an aromatic ring is 1. The summed E-state index contributed by atoms with van der Waals surface area (Å²) in [6.07, 6.45) is 1.63. The van der Waals surface area contributed by atoms with Crippen molar-refractivity contribution in [3.8, 4) is 17.0 Å². The van der Waals surface area contributed by atoms with Crippen LogP contribution >= 0.6 is 11.3 Å². The lowest BCUT2D eigenvalue weighted by Crippen LogP contribution is -2.12. The normalized spacial score (nSPS) is 11.9. The van der Waals surface area contributed by atoms with Crippen molar-refractivity contribution in [2.45, 2.75) is 11.8 Å². The van der Waals surface area contributed by atoms with Crippen LogP contribution in [0, 0.1) is 6.92 Å². The number of ether oxygens (including phenoxy) is 1. The third kappa shape index (κ3) is 3.07. The first kappa shape index (κ1) is 19.6. The molecule has 6 nitrogen and oxygen atoms in total. The fraction of sp³-hybridized carbons (Fsp3) is 0.0870. The lowest BCUT2D eigenvalue weighted by atomic mass is 10.1. The van der Waals surface area contributed by atoms with Crippen LogP contribution in [0.2, 0.25) is 0 Å². The summed E-state index contributed by atoms with van der Waals surface area (Å²) in [5.74, 6) is 0.634.